The molecule has 44 heavy (non-hydrogen) atoms. The number of carbonyl (C=O) groups is 3. The molecule has 0 radical (unpaired) electrons. The van der Waals surface area contributed by atoms with Crippen LogP contribution in [0, 0.1) is 22.7 Å². The van der Waals surface area contributed by atoms with Gasteiger partial charge in [0.05, 0.1) is 11.4 Å². The van der Waals surface area contributed by atoms with Crippen LogP contribution in [0.1, 0.15) is 104 Å². The Hall–Kier alpha value is -3.09. The molecule has 1 saturated heterocycles. The van der Waals surface area contributed by atoms with Crippen molar-refractivity contribution in [2.24, 2.45) is 28.0 Å². The van der Waals surface area contributed by atoms with Gasteiger partial charge in [0.2, 0.25) is 5.91 Å². The maximum atomic E-state index is 13.1. The summed E-state index contributed by atoms with van der Waals surface area (Å²) in [5.74, 6) is -1.06. The highest BCUT2D eigenvalue weighted by Crippen LogP contribution is 2.41. The summed E-state index contributed by atoms with van der Waals surface area (Å²) in [5.41, 5.74) is 4.94. The number of nitrogens with one attached hydrogen (secondary N) is 3. The van der Waals surface area contributed by atoms with E-state index in [-0.39, 0.29) is 36.2 Å². The van der Waals surface area contributed by atoms with Crippen LogP contribution in [0.3, 0.4) is 0 Å². The molecule has 0 aromatic carbocycles. The van der Waals surface area contributed by atoms with Crippen LogP contribution in [0.15, 0.2) is 17.1 Å². The number of esters is 2. The number of aromatic nitrogens is 1. The maximum absolute atomic E-state index is 13.1. The first-order chi connectivity index (χ1) is 20.7. The Labute approximate surface area is 260 Å². The van der Waals surface area contributed by atoms with Crippen LogP contribution in [0.5, 0.6) is 0 Å². The van der Waals surface area contributed by atoms with Crippen LogP contribution in [0.2, 0.25) is 0 Å². The molecule has 5 atom stereocenters. The maximum Gasteiger partial charge on any atom is 0.323 e. The zero-order valence-electron chi connectivity index (χ0n) is 27.0. The van der Waals surface area contributed by atoms with E-state index in [1.54, 1.807) is 19.1 Å². The highest BCUT2D eigenvalue weighted by atomic mass is 16.6. The van der Waals surface area contributed by atoms with Gasteiger partial charge < -0.3 is 35.4 Å². The molecule has 2 aliphatic rings. The summed E-state index contributed by atoms with van der Waals surface area (Å²) < 4.78 is 17.7. The highest BCUT2D eigenvalue weighted by Gasteiger charge is 2.56. The number of aliphatic imine (C=N–C) groups is 1. The van der Waals surface area contributed by atoms with E-state index in [1.807, 2.05) is 34.6 Å². The predicted octanol–water partition coefficient (Wildman–Crippen LogP) is 3.69. The molecular formula is C32H51N5O7. The number of nitrogens with two attached hydrogens (primary N) is 1. The van der Waals surface area contributed by atoms with Gasteiger partial charge in [-0.1, -0.05) is 53.9 Å². The molecule has 3 rings (SSSR count). The van der Waals surface area contributed by atoms with Crippen LogP contribution in [0.25, 0.3) is 0 Å². The number of amidine groups is 1. The van der Waals surface area contributed by atoms with Crippen molar-refractivity contribution in [2.75, 3.05) is 6.61 Å². The minimum absolute atomic E-state index is 0.145. The van der Waals surface area contributed by atoms with Crippen molar-refractivity contribution in [3.8, 4) is 0 Å². The van der Waals surface area contributed by atoms with Crippen molar-refractivity contribution < 1.29 is 33.7 Å². The van der Waals surface area contributed by atoms with Gasteiger partial charge in [0.15, 0.2) is 11.9 Å². The van der Waals surface area contributed by atoms with E-state index in [9.17, 15) is 19.5 Å². The fourth-order valence-corrected chi connectivity index (χ4v) is 5.82. The third kappa shape index (κ3) is 8.54. The number of aliphatic hydroxyl groups excluding tert-OH is 1. The number of ether oxygens (including phenoxy) is 3. The van der Waals surface area contributed by atoms with Crippen LogP contribution in [-0.4, -0.2) is 71.1 Å². The topological polar surface area (TPSA) is 189 Å². The molecule has 0 bridgehead atoms. The third-order valence-electron chi connectivity index (χ3n) is 8.93. The van der Waals surface area contributed by atoms with Crippen LogP contribution < -0.4 is 11.1 Å². The highest BCUT2D eigenvalue weighted by molar-refractivity contribution is 6.09. The lowest BCUT2D eigenvalue weighted by atomic mass is 9.87. The van der Waals surface area contributed by atoms with E-state index >= 15 is 0 Å². The van der Waals surface area contributed by atoms with Gasteiger partial charge in [-0.15, -0.1) is 0 Å². The van der Waals surface area contributed by atoms with Crippen LogP contribution in [0.4, 0.5) is 0 Å². The van der Waals surface area contributed by atoms with Crippen molar-refractivity contribution in [3.05, 3.63) is 23.5 Å². The van der Waals surface area contributed by atoms with Gasteiger partial charge in [-0.3, -0.25) is 19.8 Å². The number of rotatable bonds is 12. The second-order valence-electron chi connectivity index (χ2n) is 13.2. The van der Waals surface area contributed by atoms with E-state index < -0.39 is 41.3 Å². The first kappa shape index (κ1) is 35.4. The van der Waals surface area contributed by atoms with Crippen LogP contribution in [-0.2, 0) is 34.2 Å². The molecule has 1 aromatic rings. The molecule has 12 nitrogen and oxygen atoms in total. The molecule has 2 heterocycles. The number of aliphatic hydroxyl groups is 1. The van der Waals surface area contributed by atoms with E-state index in [0.717, 1.165) is 32.0 Å². The molecule has 1 saturated carbocycles. The largest absolute Gasteiger partial charge is 0.463 e. The van der Waals surface area contributed by atoms with E-state index in [2.05, 4.69) is 15.3 Å². The molecular weight excluding hydrogens is 566 g/mol. The number of hydrogen-bond acceptors (Lipinski definition) is 9. The number of aromatic amines is 1. The number of nitrogens with zero attached hydrogens (tertiary/aromatic N) is 1. The lowest BCUT2D eigenvalue weighted by molar-refractivity contribution is -0.164. The summed E-state index contributed by atoms with van der Waals surface area (Å²) in [4.78, 5) is 45.7. The second kappa shape index (κ2) is 15.3. The summed E-state index contributed by atoms with van der Waals surface area (Å²) in [7, 11) is 0. The SMILES string of the molecule is CCC(CC)C(=O)N/C(=N/C=N)c1ccc([C@]2(C)O[C@H](COC(=O)CC3CCCCC3)[C@@H](OC(=O)[C@H](N)C(C)(C)C)[C@H]2O)[nH]1. The van der Waals surface area contributed by atoms with Gasteiger partial charge in [-0.25, -0.2) is 4.99 Å². The van der Waals surface area contributed by atoms with Gasteiger partial charge in [0.1, 0.15) is 36.8 Å². The third-order valence-corrected chi connectivity index (χ3v) is 8.93. The number of carbonyl (C=O) groups excluding carboxylic acids is 3. The Balaban J connectivity index is 1.84. The normalized spacial score (nSPS) is 25.5. The van der Waals surface area contributed by atoms with Crippen molar-refractivity contribution in [1.82, 2.24) is 10.3 Å². The molecule has 1 amide bonds. The standard InChI is InChI=1S/C32H51N5O7/c1-7-20(8-2)29(40)37-28(35-18-33)21-14-15-23(36-21)32(6)27(39)25(43-30(41)26(34)31(3,4)5)22(44-32)17-42-24(38)16-19-12-10-9-11-13-19/h14-15,18-20,22,25-27,36,39H,7-13,16-17,34H2,1-6H3,(H2,33,35,37,40)/t22-,25-,26+,27-,32+/m1/s1. The average Bonchev–Trinajstić information content (AvgIpc) is 3.57. The Bertz CT molecular complexity index is 1180. The Morgan fingerprint density at radius 3 is 2.48 bits per heavy atom. The van der Waals surface area contributed by atoms with Crippen molar-refractivity contribution in [1.29, 1.82) is 5.41 Å². The molecule has 0 spiro atoms. The van der Waals surface area contributed by atoms with E-state index in [4.69, 9.17) is 25.4 Å². The lowest BCUT2D eigenvalue weighted by Gasteiger charge is -2.29. The molecule has 1 aromatic heterocycles. The van der Waals surface area contributed by atoms with Crippen molar-refractivity contribution in [3.63, 3.8) is 0 Å². The number of amides is 1. The first-order valence-corrected chi connectivity index (χ1v) is 15.8. The van der Waals surface area contributed by atoms with Gasteiger partial charge in [-0.05, 0) is 56.1 Å². The molecule has 0 unspecified atom stereocenters. The summed E-state index contributed by atoms with van der Waals surface area (Å²) in [6, 6.07) is 2.35. The van der Waals surface area contributed by atoms with Crippen molar-refractivity contribution in [2.45, 2.75) is 123 Å². The molecule has 1 aliphatic carbocycles. The van der Waals surface area contributed by atoms with E-state index in [0.29, 0.717) is 30.7 Å². The average molecular weight is 618 g/mol. The van der Waals surface area contributed by atoms with Gasteiger partial charge in [0.25, 0.3) is 0 Å². The smallest absolute Gasteiger partial charge is 0.323 e. The number of hydrogen-bond donors (Lipinski definition) is 5. The van der Waals surface area contributed by atoms with Gasteiger partial charge in [-0.2, -0.15) is 0 Å². The molecule has 1 aliphatic heterocycles. The quantitative estimate of drug-likeness (QED) is 0.133. The summed E-state index contributed by atoms with van der Waals surface area (Å²) in [6.45, 7) is 10.7. The Morgan fingerprint density at radius 2 is 1.89 bits per heavy atom. The minimum Gasteiger partial charge on any atom is -0.463 e. The van der Waals surface area contributed by atoms with Crippen LogP contribution >= 0.6 is 0 Å². The zero-order valence-corrected chi connectivity index (χ0v) is 27.0. The summed E-state index contributed by atoms with van der Waals surface area (Å²) in [5, 5.41) is 21.9. The van der Waals surface area contributed by atoms with Crippen molar-refractivity contribution >= 4 is 30.0 Å². The fraction of sp³-hybridized carbons (Fsp3) is 0.719. The molecule has 246 valence electrons. The monoisotopic (exact) mass is 617 g/mol. The fourth-order valence-electron chi connectivity index (χ4n) is 5.82. The van der Waals surface area contributed by atoms with E-state index in [1.165, 1.54) is 6.42 Å². The van der Waals surface area contributed by atoms with Gasteiger partial charge in [0, 0.05) is 12.3 Å². The predicted molar refractivity (Wildman–Crippen MR) is 166 cm³/mol. The minimum atomic E-state index is -1.43. The number of H-pyrrole nitrogens is 1. The summed E-state index contributed by atoms with van der Waals surface area (Å²) >= 11 is 0. The molecule has 12 heteroatoms. The zero-order chi connectivity index (χ0) is 32.7. The molecule has 6 N–H and O–H groups in total. The van der Waals surface area contributed by atoms with Gasteiger partial charge >= 0.3 is 11.9 Å². The summed E-state index contributed by atoms with van der Waals surface area (Å²) in [6.07, 6.45) is 4.30. The second-order valence-corrected chi connectivity index (χ2v) is 13.2. The Morgan fingerprint density at radius 1 is 1.23 bits per heavy atom. The molecule has 2 fully saturated rings. The first-order valence-electron chi connectivity index (χ1n) is 15.8. The Kier molecular flexibility index (Phi) is 12.3. The lowest BCUT2D eigenvalue weighted by Crippen LogP contribution is -2.48.